The number of benzene rings is 1. The number of aromatic nitrogens is 1. The number of halogens is 1. The Labute approximate surface area is 165 Å². The Hall–Kier alpha value is -1.97. The molecule has 138 valence electrons. The Morgan fingerprint density at radius 1 is 1.16 bits per heavy atom. The van der Waals surface area contributed by atoms with Crippen molar-refractivity contribution in [3.63, 3.8) is 0 Å². The molecule has 0 amide bonds. The van der Waals surface area contributed by atoms with Crippen LogP contribution in [-0.4, -0.2) is 32.2 Å². The van der Waals surface area contributed by atoms with Gasteiger partial charge in [0.15, 0.2) is 5.96 Å². The normalized spacial score (nSPS) is 10.8. The third-order valence-corrected chi connectivity index (χ3v) is 3.64. The minimum Gasteiger partial charge on any atom is -0.497 e. The largest absolute Gasteiger partial charge is 0.497 e. The van der Waals surface area contributed by atoms with E-state index in [1.807, 2.05) is 32.0 Å². The van der Waals surface area contributed by atoms with Crippen LogP contribution in [-0.2, 0) is 13.1 Å². The molecule has 0 unspecified atom stereocenters. The van der Waals surface area contributed by atoms with E-state index in [1.165, 1.54) is 0 Å². The predicted octanol–water partition coefficient (Wildman–Crippen LogP) is 2.79. The zero-order valence-electron chi connectivity index (χ0n) is 15.2. The molecule has 0 aliphatic heterocycles. The van der Waals surface area contributed by atoms with E-state index in [9.17, 15) is 0 Å². The maximum atomic E-state index is 5.54. The van der Waals surface area contributed by atoms with Crippen LogP contribution in [0.3, 0.4) is 0 Å². The average molecular weight is 460 g/mol. The van der Waals surface area contributed by atoms with Gasteiger partial charge < -0.3 is 24.5 Å². The fourth-order valence-corrected chi connectivity index (χ4v) is 2.17. The Bertz CT molecular complexity index is 696. The second kappa shape index (κ2) is 10.1. The van der Waals surface area contributed by atoms with E-state index in [1.54, 1.807) is 21.3 Å². The molecule has 1 aromatic carbocycles. The van der Waals surface area contributed by atoms with Crippen LogP contribution in [0, 0.1) is 13.8 Å². The summed E-state index contributed by atoms with van der Waals surface area (Å²) in [7, 11) is 4.98. The van der Waals surface area contributed by atoms with Crippen LogP contribution in [0.4, 0.5) is 0 Å². The first-order valence-electron chi connectivity index (χ1n) is 7.65. The molecule has 2 N–H and O–H groups in total. The fourth-order valence-electron chi connectivity index (χ4n) is 2.17. The van der Waals surface area contributed by atoms with Crippen molar-refractivity contribution < 1.29 is 13.9 Å². The molecule has 0 atom stereocenters. The summed E-state index contributed by atoms with van der Waals surface area (Å²) in [4.78, 5) is 8.53. The van der Waals surface area contributed by atoms with Gasteiger partial charge in [0.05, 0.1) is 26.5 Å². The summed E-state index contributed by atoms with van der Waals surface area (Å²) in [6.45, 7) is 4.85. The summed E-state index contributed by atoms with van der Waals surface area (Å²) < 4.78 is 16.1. The highest BCUT2D eigenvalue weighted by atomic mass is 127. The van der Waals surface area contributed by atoms with Gasteiger partial charge in [-0.3, -0.25) is 4.99 Å². The van der Waals surface area contributed by atoms with Gasteiger partial charge in [-0.2, -0.15) is 0 Å². The van der Waals surface area contributed by atoms with E-state index >= 15 is 0 Å². The van der Waals surface area contributed by atoms with Gasteiger partial charge >= 0.3 is 0 Å². The molecule has 2 rings (SSSR count). The van der Waals surface area contributed by atoms with Crippen molar-refractivity contribution in [2.45, 2.75) is 26.9 Å². The molecule has 8 heteroatoms. The third-order valence-electron chi connectivity index (χ3n) is 3.64. The summed E-state index contributed by atoms with van der Waals surface area (Å²) in [5.41, 5.74) is 1.90. The molecule has 0 spiro atoms. The second-order valence-electron chi connectivity index (χ2n) is 5.21. The van der Waals surface area contributed by atoms with Gasteiger partial charge in [-0.05, 0) is 26.0 Å². The number of hydrogen-bond acceptors (Lipinski definition) is 5. The maximum Gasteiger partial charge on any atom is 0.214 e. The summed E-state index contributed by atoms with van der Waals surface area (Å²) in [5, 5.41) is 6.41. The standard InChI is InChI=1S/C17H24N4O3.HI/c1-11-12(2)24-16(21-11)10-20-17(18-3)19-9-13-6-7-14(22-4)8-15(13)23-5;/h6-8H,9-10H2,1-5H3,(H2,18,19,20);1H. The van der Waals surface area contributed by atoms with Gasteiger partial charge in [-0.15, -0.1) is 24.0 Å². The molecule has 0 aliphatic rings. The summed E-state index contributed by atoms with van der Waals surface area (Å²) in [6, 6.07) is 5.71. The average Bonchev–Trinajstić information content (AvgIpc) is 2.93. The van der Waals surface area contributed by atoms with E-state index in [2.05, 4.69) is 20.6 Å². The number of rotatable bonds is 6. The number of guanidine groups is 1. The minimum absolute atomic E-state index is 0. The molecule has 0 saturated carbocycles. The fraction of sp³-hybridized carbons (Fsp3) is 0.412. The van der Waals surface area contributed by atoms with E-state index in [-0.39, 0.29) is 24.0 Å². The smallest absolute Gasteiger partial charge is 0.214 e. The molecule has 0 radical (unpaired) electrons. The lowest BCUT2D eigenvalue weighted by atomic mass is 10.2. The maximum absolute atomic E-state index is 5.54. The molecule has 1 aromatic heterocycles. The SMILES string of the molecule is CN=C(NCc1nc(C)c(C)o1)NCc1ccc(OC)cc1OC.I. The van der Waals surface area contributed by atoms with Crippen molar-refractivity contribution in [2.75, 3.05) is 21.3 Å². The molecular formula is C17H25IN4O3. The first-order chi connectivity index (χ1) is 11.6. The molecule has 1 heterocycles. The van der Waals surface area contributed by atoms with E-state index in [4.69, 9.17) is 13.9 Å². The van der Waals surface area contributed by atoms with Gasteiger partial charge in [0.25, 0.3) is 0 Å². The van der Waals surface area contributed by atoms with Crippen molar-refractivity contribution in [3.8, 4) is 11.5 Å². The first-order valence-corrected chi connectivity index (χ1v) is 7.65. The Balaban J connectivity index is 0.00000312. The molecule has 2 aromatic rings. The van der Waals surface area contributed by atoms with Crippen LogP contribution >= 0.6 is 24.0 Å². The molecule has 25 heavy (non-hydrogen) atoms. The Kier molecular flexibility index (Phi) is 8.53. The van der Waals surface area contributed by atoms with Crippen molar-refractivity contribution in [2.24, 2.45) is 4.99 Å². The first kappa shape index (κ1) is 21.1. The van der Waals surface area contributed by atoms with Crippen molar-refractivity contribution in [1.82, 2.24) is 15.6 Å². The van der Waals surface area contributed by atoms with Crippen LogP contribution in [0.2, 0.25) is 0 Å². The lowest BCUT2D eigenvalue weighted by Gasteiger charge is -2.13. The number of aryl methyl sites for hydroxylation is 2. The van der Waals surface area contributed by atoms with Gasteiger partial charge in [-0.1, -0.05) is 0 Å². The summed E-state index contributed by atoms with van der Waals surface area (Å²) in [5.74, 6) is 3.64. The highest BCUT2D eigenvalue weighted by Crippen LogP contribution is 2.24. The van der Waals surface area contributed by atoms with Gasteiger partial charge in [0.1, 0.15) is 17.3 Å². The number of methoxy groups -OCH3 is 2. The van der Waals surface area contributed by atoms with E-state index in [0.717, 1.165) is 28.5 Å². The lowest BCUT2D eigenvalue weighted by Crippen LogP contribution is -2.36. The topological polar surface area (TPSA) is 80.9 Å². The highest BCUT2D eigenvalue weighted by molar-refractivity contribution is 14.0. The molecule has 7 nitrogen and oxygen atoms in total. The van der Waals surface area contributed by atoms with Crippen LogP contribution < -0.4 is 20.1 Å². The quantitative estimate of drug-likeness (QED) is 0.392. The van der Waals surface area contributed by atoms with Gasteiger partial charge in [-0.25, -0.2) is 4.98 Å². The van der Waals surface area contributed by atoms with Crippen molar-refractivity contribution >= 4 is 29.9 Å². The van der Waals surface area contributed by atoms with Crippen LogP contribution in [0.25, 0.3) is 0 Å². The number of oxazole rings is 1. The number of hydrogen-bond donors (Lipinski definition) is 2. The predicted molar refractivity (Wildman–Crippen MR) is 108 cm³/mol. The van der Waals surface area contributed by atoms with Crippen molar-refractivity contribution in [1.29, 1.82) is 0 Å². The minimum atomic E-state index is 0. The molecular weight excluding hydrogens is 435 g/mol. The van der Waals surface area contributed by atoms with E-state index < -0.39 is 0 Å². The Morgan fingerprint density at radius 2 is 1.88 bits per heavy atom. The van der Waals surface area contributed by atoms with E-state index in [0.29, 0.717) is 24.9 Å². The number of nitrogens with zero attached hydrogens (tertiary/aromatic N) is 2. The number of aliphatic imine (C=N–C) groups is 1. The van der Waals surface area contributed by atoms with Gasteiger partial charge in [0.2, 0.25) is 5.89 Å². The molecule has 0 bridgehead atoms. The van der Waals surface area contributed by atoms with Crippen LogP contribution in [0.1, 0.15) is 22.9 Å². The highest BCUT2D eigenvalue weighted by Gasteiger charge is 2.08. The van der Waals surface area contributed by atoms with Crippen molar-refractivity contribution in [3.05, 3.63) is 41.1 Å². The molecule has 0 fully saturated rings. The number of ether oxygens (including phenoxy) is 2. The van der Waals surface area contributed by atoms with Crippen LogP contribution in [0.5, 0.6) is 11.5 Å². The monoisotopic (exact) mass is 460 g/mol. The molecule has 0 aliphatic carbocycles. The second-order valence-corrected chi connectivity index (χ2v) is 5.21. The van der Waals surface area contributed by atoms with Gasteiger partial charge in [0, 0.05) is 25.2 Å². The zero-order chi connectivity index (χ0) is 17.5. The number of nitrogens with one attached hydrogen (secondary N) is 2. The molecule has 0 saturated heterocycles. The summed E-state index contributed by atoms with van der Waals surface area (Å²) >= 11 is 0. The van der Waals surface area contributed by atoms with Crippen LogP contribution in [0.15, 0.2) is 27.6 Å². The lowest BCUT2D eigenvalue weighted by molar-refractivity contribution is 0.390. The zero-order valence-corrected chi connectivity index (χ0v) is 17.5. The third kappa shape index (κ3) is 5.80. The summed E-state index contributed by atoms with van der Waals surface area (Å²) in [6.07, 6.45) is 0. The Morgan fingerprint density at radius 3 is 2.44 bits per heavy atom.